The van der Waals surface area contributed by atoms with E-state index in [-0.39, 0.29) is 23.9 Å². The molecule has 17 heavy (non-hydrogen) atoms. The Morgan fingerprint density at radius 2 is 2.35 bits per heavy atom. The fraction of sp³-hybridized carbons (Fsp3) is 0.545. The number of thiophene rings is 1. The van der Waals surface area contributed by atoms with Gasteiger partial charge in [0.05, 0.1) is 5.54 Å². The molecular formula is C11H16BrClN2OS. The van der Waals surface area contributed by atoms with E-state index in [0.29, 0.717) is 12.5 Å². The van der Waals surface area contributed by atoms with Gasteiger partial charge in [-0.15, -0.1) is 23.7 Å². The molecule has 3 N–H and O–H groups in total. The van der Waals surface area contributed by atoms with Crippen molar-refractivity contribution in [3.05, 3.63) is 20.8 Å². The van der Waals surface area contributed by atoms with Crippen LogP contribution < -0.4 is 11.1 Å². The van der Waals surface area contributed by atoms with Gasteiger partial charge in [-0.1, -0.05) is 0 Å². The van der Waals surface area contributed by atoms with Gasteiger partial charge in [0.25, 0.3) is 5.91 Å². The number of carbonyl (C=O) groups excluding carboxylic acids is 1. The van der Waals surface area contributed by atoms with Crippen molar-refractivity contribution in [2.24, 2.45) is 11.7 Å². The Kier molecular flexibility index (Phi) is 5.01. The largest absolute Gasteiger partial charge is 0.345 e. The molecule has 1 amide bonds. The number of hydrogen-bond acceptors (Lipinski definition) is 3. The molecule has 2 rings (SSSR count). The minimum atomic E-state index is -0.249. The van der Waals surface area contributed by atoms with Crippen LogP contribution in [-0.4, -0.2) is 18.0 Å². The fourth-order valence-electron chi connectivity index (χ4n) is 1.81. The van der Waals surface area contributed by atoms with Crippen LogP contribution in [0.15, 0.2) is 15.9 Å². The Morgan fingerprint density at radius 3 is 2.76 bits per heavy atom. The van der Waals surface area contributed by atoms with E-state index in [0.717, 1.165) is 9.35 Å². The molecule has 1 heterocycles. The SMILES string of the molecule is CC(CN)(NC(=O)c1sccc1Br)C1CC1.Cl. The zero-order chi connectivity index (χ0) is 11.8. The van der Waals surface area contributed by atoms with E-state index in [1.807, 2.05) is 18.4 Å². The van der Waals surface area contributed by atoms with Crippen LogP contribution in [0, 0.1) is 5.92 Å². The molecule has 0 saturated heterocycles. The summed E-state index contributed by atoms with van der Waals surface area (Å²) in [6, 6.07) is 1.89. The van der Waals surface area contributed by atoms with Crippen molar-refractivity contribution in [3.8, 4) is 0 Å². The Labute approximate surface area is 120 Å². The van der Waals surface area contributed by atoms with Gasteiger partial charge in [-0.05, 0) is 53.1 Å². The van der Waals surface area contributed by atoms with Gasteiger partial charge in [0, 0.05) is 11.0 Å². The summed E-state index contributed by atoms with van der Waals surface area (Å²) in [6.07, 6.45) is 2.33. The Bertz CT molecular complexity index is 408. The van der Waals surface area contributed by atoms with Crippen molar-refractivity contribution in [2.45, 2.75) is 25.3 Å². The van der Waals surface area contributed by atoms with Crippen LogP contribution in [0.3, 0.4) is 0 Å². The van der Waals surface area contributed by atoms with Gasteiger partial charge >= 0.3 is 0 Å². The van der Waals surface area contributed by atoms with Crippen molar-refractivity contribution < 1.29 is 4.79 Å². The first kappa shape index (κ1) is 15.0. The quantitative estimate of drug-likeness (QED) is 0.886. The van der Waals surface area contributed by atoms with Crippen LogP contribution in [0.1, 0.15) is 29.4 Å². The van der Waals surface area contributed by atoms with Crippen LogP contribution in [0.4, 0.5) is 0 Å². The summed E-state index contributed by atoms with van der Waals surface area (Å²) in [5.74, 6) is 0.516. The number of nitrogens with two attached hydrogens (primary N) is 1. The van der Waals surface area contributed by atoms with Gasteiger partial charge in [-0.25, -0.2) is 0 Å². The smallest absolute Gasteiger partial charge is 0.262 e. The van der Waals surface area contributed by atoms with Gasteiger partial charge in [-0.2, -0.15) is 0 Å². The number of hydrogen-bond donors (Lipinski definition) is 2. The first-order valence-corrected chi connectivity index (χ1v) is 6.99. The average Bonchev–Trinajstić information content (AvgIpc) is 3.02. The van der Waals surface area contributed by atoms with Gasteiger partial charge in [0.1, 0.15) is 4.88 Å². The lowest BCUT2D eigenvalue weighted by Gasteiger charge is -2.29. The summed E-state index contributed by atoms with van der Waals surface area (Å²) in [7, 11) is 0. The first-order chi connectivity index (χ1) is 7.57. The monoisotopic (exact) mass is 338 g/mol. The highest BCUT2D eigenvalue weighted by molar-refractivity contribution is 9.10. The van der Waals surface area contributed by atoms with E-state index >= 15 is 0 Å². The Morgan fingerprint density at radius 1 is 1.71 bits per heavy atom. The molecule has 0 aromatic carbocycles. The third kappa shape index (κ3) is 3.22. The number of carbonyl (C=O) groups is 1. The van der Waals surface area contributed by atoms with E-state index in [9.17, 15) is 4.79 Å². The zero-order valence-electron chi connectivity index (χ0n) is 9.53. The number of halogens is 2. The summed E-state index contributed by atoms with van der Waals surface area (Å²) in [6.45, 7) is 2.52. The first-order valence-electron chi connectivity index (χ1n) is 5.32. The zero-order valence-corrected chi connectivity index (χ0v) is 12.8. The molecule has 0 aliphatic heterocycles. The molecule has 1 atom stereocenters. The second-order valence-electron chi connectivity index (χ2n) is 4.45. The van der Waals surface area contributed by atoms with E-state index in [1.165, 1.54) is 24.2 Å². The molecule has 1 aliphatic rings. The van der Waals surface area contributed by atoms with Crippen LogP contribution in [0.2, 0.25) is 0 Å². The molecule has 0 bridgehead atoms. The molecule has 0 radical (unpaired) electrons. The second kappa shape index (κ2) is 5.69. The third-order valence-electron chi connectivity index (χ3n) is 3.12. The van der Waals surface area contributed by atoms with Crippen molar-refractivity contribution >= 4 is 45.6 Å². The predicted octanol–water partition coefficient (Wildman–Crippen LogP) is 2.79. The van der Waals surface area contributed by atoms with E-state index < -0.39 is 0 Å². The maximum absolute atomic E-state index is 12.0. The molecule has 3 nitrogen and oxygen atoms in total. The van der Waals surface area contributed by atoms with Crippen molar-refractivity contribution in [1.82, 2.24) is 5.32 Å². The molecule has 1 saturated carbocycles. The lowest BCUT2D eigenvalue weighted by molar-refractivity contribution is 0.0901. The number of nitrogens with one attached hydrogen (secondary N) is 1. The summed E-state index contributed by atoms with van der Waals surface area (Å²) in [5.41, 5.74) is 5.52. The molecule has 6 heteroatoms. The van der Waals surface area contributed by atoms with Crippen LogP contribution in [-0.2, 0) is 0 Å². The molecular weight excluding hydrogens is 324 g/mol. The maximum atomic E-state index is 12.0. The minimum Gasteiger partial charge on any atom is -0.345 e. The molecule has 96 valence electrons. The van der Waals surface area contributed by atoms with E-state index in [2.05, 4.69) is 21.2 Å². The lowest BCUT2D eigenvalue weighted by Crippen LogP contribution is -2.53. The van der Waals surface area contributed by atoms with Gasteiger partial charge in [-0.3, -0.25) is 4.79 Å². The summed E-state index contributed by atoms with van der Waals surface area (Å²) in [5, 5.41) is 4.96. The summed E-state index contributed by atoms with van der Waals surface area (Å²) >= 11 is 4.81. The second-order valence-corrected chi connectivity index (χ2v) is 6.22. The molecule has 1 fully saturated rings. The lowest BCUT2D eigenvalue weighted by atomic mass is 9.96. The average molecular weight is 340 g/mol. The normalized spacial score (nSPS) is 18.1. The topological polar surface area (TPSA) is 55.1 Å². The van der Waals surface area contributed by atoms with Gasteiger partial charge < -0.3 is 11.1 Å². The highest BCUT2D eigenvalue weighted by Crippen LogP contribution is 2.39. The third-order valence-corrected chi connectivity index (χ3v) is 4.96. The maximum Gasteiger partial charge on any atom is 0.262 e. The highest BCUT2D eigenvalue weighted by atomic mass is 79.9. The minimum absolute atomic E-state index is 0. The van der Waals surface area contributed by atoms with Crippen LogP contribution >= 0.6 is 39.7 Å². The summed E-state index contributed by atoms with van der Waals surface area (Å²) < 4.78 is 0.852. The molecule has 0 spiro atoms. The van der Waals surface area contributed by atoms with Crippen molar-refractivity contribution in [3.63, 3.8) is 0 Å². The van der Waals surface area contributed by atoms with E-state index in [4.69, 9.17) is 5.73 Å². The van der Waals surface area contributed by atoms with Crippen molar-refractivity contribution in [1.29, 1.82) is 0 Å². The standard InChI is InChI=1S/C11H15BrN2OS.ClH/c1-11(6-13,7-2-3-7)14-10(15)9-8(12)4-5-16-9;/h4-5,7H,2-3,6,13H2,1H3,(H,14,15);1H. The molecule has 1 unspecified atom stereocenters. The highest BCUT2D eigenvalue weighted by Gasteiger charge is 2.41. The molecule has 1 aromatic heterocycles. The van der Waals surface area contributed by atoms with Gasteiger partial charge in [0.2, 0.25) is 0 Å². The van der Waals surface area contributed by atoms with Crippen LogP contribution in [0.25, 0.3) is 0 Å². The number of amides is 1. The molecule has 1 aromatic rings. The van der Waals surface area contributed by atoms with Crippen LogP contribution in [0.5, 0.6) is 0 Å². The van der Waals surface area contributed by atoms with E-state index in [1.54, 1.807) is 0 Å². The Balaban J connectivity index is 0.00000144. The predicted molar refractivity (Wildman–Crippen MR) is 76.9 cm³/mol. The molecule has 1 aliphatic carbocycles. The Hall–Kier alpha value is -0.100. The number of rotatable bonds is 4. The van der Waals surface area contributed by atoms with Gasteiger partial charge in [0.15, 0.2) is 0 Å². The summed E-state index contributed by atoms with van der Waals surface area (Å²) in [4.78, 5) is 12.8. The fourth-order valence-corrected chi connectivity index (χ4v) is 3.26. The van der Waals surface area contributed by atoms with Crippen molar-refractivity contribution in [2.75, 3.05) is 6.54 Å².